The number of imidazole rings is 1. The lowest BCUT2D eigenvalue weighted by atomic mass is 9.97. The Bertz CT molecular complexity index is 1100. The molecule has 9 nitrogen and oxygen atoms in total. The number of piperidine rings is 1. The highest BCUT2D eigenvalue weighted by Crippen LogP contribution is 2.31. The van der Waals surface area contributed by atoms with Gasteiger partial charge in [0.15, 0.2) is 0 Å². The Morgan fingerprint density at radius 3 is 2.75 bits per heavy atom. The molecule has 2 amide bonds. The number of hydrogen-bond donors (Lipinski definition) is 2. The van der Waals surface area contributed by atoms with Crippen LogP contribution in [0, 0.1) is 0 Å². The molecule has 0 aliphatic carbocycles. The Morgan fingerprint density at radius 2 is 2.09 bits per heavy atom. The van der Waals surface area contributed by atoms with Crippen molar-refractivity contribution in [3.63, 3.8) is 0 Å². The average Bonchev–Trinajstić information content (AvgIpc) is 3.51. The van der Waals surface area contributed by atoms with Gasteiger partial charge in [-0.05, 0) is 43.5 Å². The molecule has 0 unspecified atom stereocenters. The summed E-state index contributed by atoms with van der Waals surface area (Å²) < 4.78 is 10.5. The molecule has 0 saturated carbocycles. The van der Waals surface area contributed by atoms with Crippen molar-refractivity contribution in [3.8, 4) is 17.0 Å². The van der Waals surface area contributed by atoms with E-state index >= 15 is 0 Å². The predicted molar refractivity (Wildman–Crippen MR) is 118 cm³/mol. The van der Waals surface area contributed by atoms with E-state index in [1.807, 2.05) is 31.2 Å². The highest BCUT2D eigenvalue weighted by molar-refractivity contribution is 5.98. The number of likely N-dealkylation sites (tertiary alicyclic amines) is 1. The number of ether oxygens (including phenoxy) is 1. The van der Waals surface area contributed by atoms with E-state index in [0.717, 1.165) is 29.8 Å². The van der Waals surface area contributed by atoms with Gasteiger partial charge in [0.2, 0.25) is 5.76 Å². The van der Waals surface area contributed by atoms with Crippen LogP contribution in [0.4, 0.5) is 0 Å². The third-order valence-corrected chi connectivity index (χ3v) is 5.77. The number of nitrogens with zero attached hydrogens (tertiary/aromatic N) is 3. The van der Waals surface area contributed by atoms with Gasteiger partial charge in [0, 0.05) is 37.7 Å². The second-order valence-corrected chi connectivity index (χ2v) is 7.78. The Kier molecular flexibility index (Phi) is 6.25. The first-order valence-electron chi connectivity index (χ1n) is 10.7. The molecular weight excluding hydrogens is 410 g/mol. The molecular formula is C23H27N5O4. The molecule has 0 radical (unpaired) electrons. The summed E-state index contributed by atoms with van der Waals surface area (Å²) >= 11 is 0. The molecule has 32 heavy (non-hydrogen) atoms. The molecule has 2 N–H and O–H groups in total. The van der Waals surface area contributed by atoms with Gasteiger partial charge in [-0.15, -0.1) is 0 Å². The van der Waals surface area contributed by atoms with Gasteiger partial charge in [-0.3, -0.25) is 9.59 Å². The van der Waals surface area contributed by atoms with Crippen molar-refractivity contribution in [2.24, 2.45) is 0 Å². The molecule has 9 heteroatoms. The van der Waals surface area contributed by atoms with E-state index in [-0.39, 0.29) is 23.5 Å². The van der Waals surface area contributed by atoms with Gasteiger partial charge in [0.1, 0.15) is 23.0 Å². The summed E-state index contributed by atoms with van der Waals surface area (Å²) in [6.07, 6.45) is 2.41. The van der Waals surface area contributed by atoms with E-state index < -0.39 is 0 Å². The number of aromatic amines is 1. The number of benzene rings is 1. The standard InChI is InChI=1S/C23H27N5O4/c1-4-16-12-18(32-27-16)23(30)28-11-5-6-15(13-28)21-25-19(20(26-21)22(29)24-2)14-7-9-17(31-3)10-8-14/h7-10,12,15H,4-6,11,13H2,1-3H3,(H,24,29)(H,25,26)/t15-/m0/s1. The summed E-state index contributed by atoms with van der Waals surface area (Å²) in [4.78, 5) is 35.2. The molecule has 0 spiro atoms. The summed E-state index contributed by atoms with van der Waals surface area (Å²) in [7, 11) is 3.19. The van der Waals surface area contributed by atoms with Crippen molar-refractivity contribution in [3.05, 3.63) is 53.3 Å². The van der Waals surface area contributed by atoms with E-state index in [4.69, 9.17) is 14.2 Å². The molecule has 1 aliphatic rings. The summed E-state index contributed by atoms with van der Waals surface area (Å²) in [6.45, 7) is 3.10. The van der Waals surface area contributed by atoms with Crippen LogP contribution in [0.25, 0.3) is 11.3 Å². The fraction of sp³-hybridized carbons (Fsp3) is 0.391. The largest absolute Gasteiger partial charge is 0.497 e. The number of nitrogens with one attached hydrogen (secondary N) is 2. The number of carbonyl (C=O) groups excluding carboxylic acids is 2. The van der Waals surface area contributed by atoms with Gasteiger partial charge in [-0.2, -0.15) is 0 Å². The highest BCUT2D eigenvalue weighted by atomic mass is 16.5. The normalized spacial score (nSPS) is 16.1. The molecule has 1 aliphatic heterocycles. The smallest absolute Gasteiger partial charge is 0.292 e. The molecule has 1 fully saturated rings. The molecule has 168 valence electrons. The second-order valence-electron chi connectivity index (χ2n) is 7.78. The topological polar surface area (TPSA) is 113 Å². The van der Waals surface area contributed by atoms with E-state index in [1.54, 1.807) is 25.1 Å². The van der Waals surface area contributed by atoms with E-state index in [1.165, 1.54) is 0 Å². The summed E-state index contributed by atoms with van der Waals surface area (Å²) in [5.41, 5.74) is 2.55. The highest BCUT2D eigenvalue weighted by Gasteiger charge is 2.30. The van der Waals surface area contributed by atoms with Crippen LogP contribution in [0.15, 0.2) is 34.9 Å². The van der Waals surface area contributed by atoms with Crippen LogP contribution >= 0.6 is 0 Å². The van der Waals surface area contributed by atoms with Gasteiger partial charge >= 0.3 is 0 Å². The summed E-state index contributed by atoms with van der Waals surface area (Å²) in [5.74, 6) is 1.25. The number of aryl methyl sites for hydroxylation is 1. The van der Waals surface area contributed by atoms with Crippen molar-refractivity contribution < 1.29 is 18.8 Å². The molecule has 1 saturated heterocycles. The first-order valence-corrected chi connectivity index (χ1v) is 10.7. The number of rotatable bonds is 6. The first kappa shape index (κ1) is 21.6. The monoisotopic (exact) mass is 437 g/mol. The predicted octanol–water partition coefficient (Wildman–Crippen LogP) is 3.02. The van der Waals surface area contributed by atoms with Crippen LogP contribution in [0.3, 0.4) is 0 Å². The van der Waals surface area contributed by atoms with Gasteiger partial charge in [0.05, 0.1) is 12.8 Å². The maximum Gasteiger partial charge on any atom is 0.292 e. The number of H-pyrrole nitrogens is 1. The Morgan fingerprint density at radius 1 is 1.31 bits per heavy atom. The number of aromatic nitrogens is 3. The summed E-state index contributed by atoms with van der Waals surface area (Å²) in [5, 5.41) is 6.59. The maximum atomic E-state index is 12.9. The van der Waals surface area contributed by atoms with E-state index in [0.29, 0.717) is 36.7 Å². The van der Waals surface area contributed by atoms with E-state index in [2.05, 4.69) is 15.5 Å². The SMILES string of the molecule is CCc1cc(C(=O)N2CCC[C@H](c3nc(-c4ccc(OC)cc4)c(C(=O)NC)[nH]3)C2)on1. The van der Waals surface area contributed by atoms with Crippen molar-refractivity contribution in [2.45, 2.75) is 32.1 Å². The minimum atomic E-state index is -0.243. The Balaban J connectivity index is 1.60. The third-order valence-electron chi connectivity index (χ3n) is 5.77. The lowest BCUT2D eigenvalue weighted by Crippen LogP contribution is -2.39. The van der Waals surface area contributed by atoms with Gasteiger partial charge in [-0.25, -0.2) is 4.98 Å². The minimum Gasteiger partial charge on any atom is -0.497 e. The average molecular weight is 438 g/mol. The molecule has 3 aromatic rings. The van der Waals surface area contributed by atoms with Gasteiger partial charge in [0.25, 0.3) is 11.8 Å². The fourth-order valence-electron chi connectivity index (χ4n) is 3.95. The third kappa shape index (κ3) is 4.23. The number of methoxy groups -OCH3 is 1. The lowest BCUT2D eigenvalue weighted by Gasteiger charge is -2.31. The van der Waals surface area contributed by atoms with Crippen LogP contribution in [-0.4, -0.2) is 59.1 Å². The quantitative estimate of drug-likeness (QED) is 0.613. The van der Waals surface area contributed by atoms with E-state index in [9.17, 15) is 9.59 Å². The van der Waals surface area contributed by atoms with Crippen LogP contribution in [-0.2, 0) is 6.42 Å². The van der Waals surface area contributed by atoms with Crippen molar-refractivity contribution >= 4 is 11.8 Å². The molecule has 2 aromatic heterocycles. The fourth-order valence-corrected chi connectivity index (χ4v) is 3.95. The zero-order valence-corrected chi connectivity index (χ0v) is 18.5. The second kappa shape index (κ2) is 9.25. The van der Waals surface area contributed by atoms with Crippen molar-refractivity contribution in [1.82, 2.24) is 25.3 Å². The first-order chi connectivity index (χ1) is 15.5. The molecule has 1 atom stereocenters. The summed E-state index contributed by atoms with van der Waals surface area (Å²) in [6, 6.07) is 9.11. The van der Waals surface area contributed by atoms with Crippen LogP contribution in [0.1, 0.15) is 58.2 Å². The Hall–Kier alpha value is -3.62. The molecule has 3 heterocycles. The number of carbonyl (C=O) groups is 2. The van der Waals surface area contributed by atoms with Crippen molar-refractivity contribution in [2.75, 3.05) is 27.2 Å². The maximum absolute atomic E-state index is 12.9. The van der Waals surface area contributed by atoms with Gasteiger partial charge < -0.3 is 24.5 Å². The zero-order valence-electron chi connectivity index (χ0n) is 18.5. The Labute approximate surface area is 186 Å². The van der Waals surface area contributed by atoms with Gasteiger partial charge in [-0.1, -0.05) is 12.1 Å². The number of hydrogen-bond acceptors (Lipinski definition) is 6. The van der Waals surface area contributed by atoms with Crippen LogP contribution < -0.4 is 10.1 Å². The van der Waals surface area contributed by atoms with Crippen LogP contribution in [0.2, 0.25) is 0 Å². The molecule has 4 rings (SSSR count). The number of amides is 2. The molecule has 1 aromatic carbocycles. The van der Waals surface area contributed by atoms with Crippen molar-refractivity contribution in [1.29, 1.82) is 0 Å². The van der Waals surface area contributed by atoms with Crippen LogP contribution in [0.5, 0.6) is 5.75 Å². The molecule has 0 bridgehead atoms. The lowest BCUT2D eigenvalue weighted by molar-refractivity contribution is 0.0662. The minimum absolute atomic E-state index is 0.0170. The zero-order chi connectivity index (χ0) is 22.7.